The predicted molar refractivity (Wildman–Crippen MR) is 90.0 cm³/mol. The van der Waals surface area contributed by atoms with Crippen molar-refractivity contribution in [3.05, 3.63) is 54.6 Å². The lowest BCUT2D eigenvalue weighted by Gasteiger charge is -2.14. The minimum atomic E-state index is -0.585. The summed E-state index contributed by atoms with van der Waals surface area (Å²) in [6, 6.07) is 18.5. The highest BCUT2D eigenvalue weighted by Gasteiger charge is 2.11. The smallest absolute Gasteiger partial charge is 0.341 e. The van der Waals surface area contributed by atoms with Gasteiger partial charge in [-0.05, 0) is 33.0 Å². The zero-order valence-corrected chi connectivity index (χ0v) is 12.2. The van der Waals surface area contributed by atoms with Crippen LogP contribution in [0.2, 0.25) is 0 Å². The second-order valence-electron chi connectivity index (χ2n) is 5.36. The van der Waals surface area contributed by atoms with E-state index in [4.69, 9.17) is 10.7 Å². The summed E-state index contributed by atoms with van der Waals surface area (Å²) in [5.74, 6) is 4.27. The lowest BCUT2D eigenvalue weighted by atomic mass is 9.94. The van der Waals surface area contributed by atoms with Crippen LogP contribution in [0.3, 0.4) is 0 Å². The quantitative estimate of drug-likeness (QED) is 0.447. The van der Waals surface area contributed by atoms with Gasteiger partial charge in [0.15, 0.2) is 6.61 Å². The molecule has 0 atom stereocenters. The molecule has 0 radical (unpaired) electrons. The summed E-state index contributed by atoms with van der Waals surface area (Å²) in [6.45, 7) is -0.307. The first-order valence-corrected chi connectivity index (χ1v) is 7.22. The standard InChI is InChI=1S/C18H14N2O3/c19-22-10-16(21)23-20-15-9-7-13-5-4-11-2-1-3-12-6-8-14(15)18(13)17(11)12/h1-9,20H,10,19H2. The van der Waals surface area contributed by atoms with Gasteiger partial charge in [0.25, 0.3) is 0 Å². The molecule has 5 heteroatoms. The largest absolute Gasteiger partial charge is 0.359 e. The van der Waals surface area contributed by atoms with Crippen LogP contribution in [0.5, 0.6) is 0 Å². The molecule has 3 N–H and O–H groups in total. The first-order valence-electron chi connectivity index (χ1n) is 7.22. The van der Waals surface area contributed by atoms with E-state index >= 15 is 0 Å². The molecule has 0 saturated heterocycles. The Bertz CT molecular complexity index is 997. The molecule has 0 aromatic heterocycles. The molecule has 4 rings (SSSR count). The molecule has 0 aliphatic rings. The lowest BCUT2D eigenvalue weighted by molar-refractivity contribution is -0.146. The predicted octanol–water partition coefficient (Wildman–Crippen LogP) is 3.34. The van der Waals surface area contributed by atoms with Gasteiger partial charge in [0.1, 0.15) is 0 Å². The number of nitrogens with two attached hydrogens (primary N) is 1. The van der Waals surface area contributed by atoms with Gasteiger partial charge in [0, 0.05) is 5.39 Å². The number of hydrogen-bond donors (Lipinski definition) is 2. The van der Waals surface area contributed by atoms with E-state index in [2.05, 4.69) is 46.7 Å². The van der Waals surface area contributed by atoms with Crippen molar-refractivity contribution in [2.24, 2.45) is 5.90 Å². The molecule has 0 aliphatic heterocycles. The summed E-state index contributed by atoms with van der Waals surface area (Å²) in [4.78, 5) is 20.6. The molecule has 0 heterocycles. The number of benzene rings is 4. The highest BCUT2D eigenvalue weighted by Crippen LogP contribution is 2.37. The van der Waals surface area contributed by atoms with Gasteiger partial charge in [-0.3, -0.25) is 4.84 Å². The fourth-order valence-corrected chi connectivity index (χ4v) is 3.03. The zero-order chi connectivity index (χ0) is 15.8. The zero-order valence-electron chi connectivity index (χ0n) is 12.2. The fraction of sp³-hybridized carbons (Fsp3) is 0.0556. The van der Waals surface area contributed by atoms with E-state index in [0.717, 1.165) is 21.8 Å². The highest BCUT2D eigenvalue weighted by molar-refractivity contribution is 6.25. The Morgan fingerprint density at radius 2 is 1.57 bits per heavy atom. The highest BCUT2D eigenvalue weighted by atomic mass is 16.7. The van der Waals surface area contributed by atoms with Crippen molar-refractivity contribution < 1.29 is 14.5 Å². The summed E-state index contributed by atoms with van der Waals surface area (Å²) in [7, 11) is 0. The van der Waals surface area contributed by atoms with Crippen molar-refractivity contribution in [1.82, 2.24) is 0 Å². The van der Waals surface area contributed by atoms with E-state index in [-0.39, 0.29) is 6.61 Å². The van der Waals surface area contributed by atoms with Crippen molar-refractivity contribution >= 4 is 44.0 Å². The number of carbonyl (C=O) groups excluding carboxylic acids is 1. The van der Waals surface area contributed by atoms with E-state index in [1.165, 1.54) is 16.2 Å². The van der Waals surface area contributed by atoms with Crippen molar-refractivity contribution in [1.29, 1.82) is 0 Å². The molecule has 114 valence electrons. The Kier molecular flexibility index (Phi) is 3.22. The second-order valence-corrected chi connectivity index (χ2v) is 5.36. The molecule has 0 unspecified atom stereocenters. The summed E-state index contributed by atoms with van der Waals surface area (Å²) in [5.41, 5.74) is 3.42. The molecule has 23 heavy (non-hydrogen) atoms. The van der Waals surface area contributed by atoms with Crippen molar-refractivity contribution in [2.45, 2.75) is 0 Å². The van der Waals surface area contributed by atoms with Gasteiger partial charge < -0.3 is 4.84 Å². The Labute approximate surface area is 131 Å². The van der Waals surface area contributed by atoms with Crippen LogP contribution >= 0.6 is 0 Å². The molecule has 5 nitrogen and oxygen atoms in total. The van der Waals surface area contributed by atoms with Gasteiger partial charge in [0.2, 0.25) is 0 Å². The Balaban J connectivity index is 1.88. The van der Waals surface area contributed by atoms with Gasteiger partial charge in [-0.2, -0.15) is 0 Å². The third kappa shape index (κ3) is 2.23. The van der Waals surface area contributed by atoms with Gasteiger partial charge in [-0.25, -0.2) is 16.2 Å². The molecule has 4 aromatic rings. The Morgan fingerprint density at radius 3 is 2.30 bits per heavy atom. The minimum Gasteiger partial charge on any atom is -0.341 e. The average molecular weight is 306 g/mol. The van der Waals surface area contributed by atoms with Crippen molar-refractivity contribution in [3.63, 3.8) is 0 Å². The van der Waals surface area contributed by atoms with Crippen molar-refractivity contribution in [3.8, 4) is 0 Å². The molecule has 0 saturated carbocycles. The van der Waals surface area contributed by atoms with Crippen LogP contribution < -0.4 is 11.4 Å². The number of hydrogen-bond acceptors (Lipinski definition) is 5. The minimum absolute atomic E-state index is 0.307. The average Bonchev–Trinajstić information content (AvgIpc) is 2.58. The van der Waals surface area contributed by atoms with Crippen molar-refractivity contribution in [2.75, 3.05) is 12.1 Å². The SMILES string of the molecule is NOCC(=O)ONc1ccc2ccc3cccc4ccc1c2c34. The van der Waals surface area contributed by atoms with E-state index in [9.17, 15) is 4.79 Å². The van der Waals surface area contributed by atoms with Crippen LogP contribution in [-0.4, -0.2) is 12.6 Å². The molecule has 0 fully saturated rings. The van der Waals surface area contributed by atoms with Gasteiger partial charge in [-0.1, -0.05) is 48.5 Å². The summed E-state index contributed by atoms with van der Waals surface area (Å²) in [5, 5.41) is 6.87. The van der Waals surface area contributed by atoms with Crippen LogP contribution in [0.15, 0.2) is 54.6 Å². The molecular weight excluding hydrogens is 292 g/mol. The van der Waals surface area contributed by atoms with E-state index in [1.807, 2.05) is 18.2 Å². The van der Waals surface area contributed by atoms with Crippen LogP contribution in [0.25, 0.3) is 32.3 Å². The molecule has 4 aromatic carbocycles. The summed E-state index contributed by atoms with van der Waals surface area (Å²) >= 11 is 0. The normalized spacial score (nSPS) is 11.3. The number of anilines is 1. The first-order chi connectivity index (χ1) is 11.3. The third-order valence-corrected chi connectivity index (χ3v) is 4.00. The van der Waals surface area contributed by atoms with E-state index in [1.54, 1.807) is 0 Å². The number of carbonyl (C=O) groups is 1. The van der Waals surface area contributed by atoms with E-state index in [0.29, 0.717) is 0 Å². The number of nitrogens with one attached hydrogen (secondary N) is 1. The molecule has 0 spiro atoms. The maximum absolute atomic E-state index is 11.4. The lowest BCUT2D eigenvalue weighted by Crippen LogP contribution is -2.18. The number of rotatable bonds is 4. The molecule has 0 aliphatic carbocycles. The van der Waals surface area contributed by atoms with Crippen LogP contribution in [0.1, 0.15) is 0 Å². The monoisotopic (exact) mass is 306 g/mol. The fourth-order valence-electron chi connectivity index (χ4n) is 3.03. The maximum atomic E-state index is 11.4. The van der Waals surface area contributed by atoms with E-state index < -0.39 is 5.97 Å². The van der Waals surface area contributed by atoms with Gasteiger partial charge in [-0.15, -0.1) is 0 Å². The summed E-state index contributed by atoms with van der Waals surface area (Å²) in [6.07, 6.45) is 0. The van der Waals surface area contributed by atoms with Crippen LogP contribution in [-0.2, 0) is 14.5 Å². The summed E-state index contributed by atoms with van der Waals surface area (Å²) < 4.78 is 0. The maximum Gasteiger partial charge on any atom is 0.359 e. The molecule has 0 amide bonds. The van der Waals surface area contributed by atoms with Gasteiger partial charge in [0.05, 0.1) is 5.69 Å². The second kappa shape index (κ2) is 5.39. The Hall–Kier alpha value is -2.89. The van der Waals surface area contributed by atoms with Crippen LogP contribution in [0.4, 0.5) is 5.69 Å². The molecule has 0 bridgehead atoms. The van der Waals surface area contributed by atoms with Gasteiger partial charge >= 0.3 is 5.97 Å². The Morgan fingerprint density at radius 1 is 0.913 bits per heavy atom. The topological polar surface area (TPSA) is 73.6 Å². The third-order valence-electron chi connectivity index (χ3n) is 4.00. The molecular formula is C18H14N2O3. The van der Waals surface area contributed by atoms with Crippen LogP contribution in [0, 0.1) is 0 Å². The first kappa shape index (κ1) is 13.8.